The molecule has 0 aliphatic carbocycles. The maximum absolute atomic E-state index is 5.56. The Morgan fingerprint density at radius 1 is 1.29 bits per heavy atom. The van der Waals surface area contributed by atoms with Crippen LogP contribution in [0.3, 0.4) is 0 Å². The third-order valence-corrected chi connectivity index (χ3v) is 2.95. The minimum absolute atomic E-state index is 0.456. The summed E-state index contributed by atoms with van der Waals surface area (Å²) in [7, 11) is 4.19. The number of nitrogens with one attached hydrogen (secondary N) is 1. The summed E-state index contributed by atoms with van der Waals surface area (Å²) in [5, 5.41) is 3.51. The Hall–Kier alpha value is -0.870. The predicted octanol–water partition coefficient (Wildman–Crippen LogP) is 1.97. The molecule has 0 aliphatic heterocycles. The molecular weight excluding hydrogens is 214 g/mol. The lowest BCUT2D eigenvalue weighted by molar-refractivity contribution is 0.280. The highest BCUT2D eigenvalue weighted by Gasteiger charge is 2.15. The van der Waals surface area contributed by atoms with Crippen molar-refractivity contribution in [2.24, 2.45) is 5.92 Å². The van der Waals surface area contributed by atoms with E-state index in [9.17, 15) is 0 Å². The van der Waals surface area contributed by atoms with Crippen molar-refractivity contribution in [3.8, 4) is 0 Å². The van der Waals surface area contributed by atoms with Gasteiger partial charge in [-0.25, -0.2) is 4.98 Å². The number of nitrogens with zero attached hydrogens (tertiary/aromatic N) is 2. The average molecular weight is 239 g/mol. The van der Waals surface area contributed by atoms with E-state index in [1.807, 2.05) is 13.8 Å². The van der Waals surface area contributed by atoms with Crippen LogP contribution in [0.2, 0.25) is 0 Å². The lowest BCUT2D eigenvalue weighted by Crippen LogP contribution is -2.41. The molecule has 0 aliphatic rings. The van der Waals surface area contributed by atoms with Crippen molar-refractivity contribution in [3.63, 3.8) is 0 Å². The van der Waals surface area contributed by atoms with Gasteiger partial charge >= 0.3 is 0 Å². The van der Waals surface area contributed by atoms with Gasteiger partial charge in [0.2, 0.25) is 5.89 Å². The predicted molar refractivity (Wildman–Crippen MR) is 70.0 cm³/mol. The van der Waals surface area contributed by atoms with Crippen molar-refractivity contribution in [2.75, 3.05) is 20.6 Å². The maximum Gasteiger partial charge on any atom is 0.208 e. The van der Waals surface area contributed by atoms with Crippen LogP contribution in [0.15, 0.2) is 4.42 Å². The molecular formula is C13H25N3O. The van der Waals surface area contributed by atoms with Gasteiger partial charge in [-0.05, 0) is 33.9 Å². The summed E-state index contributed by atoms with van der Waals surface area (Å²) < 4.78 is 5.56. The monoisotopic (exact) mass is 239 g/mol. The third kappa shape index (κ3) is 4.48. The number of oxazole rings is 1. The number of aromatic nitrogens is 1. The molecule has 1 aromatic rings. The van der Waals surface area contributed by atoms with E-state index in [1.165, 1.54) is 0 Å². The topological polar surface area (TPSA) is 41.3 Å². The van der Waals surface area contributed by atoms with Crippen LogP contribution in [0.5, 0.6) is 0 Å². The molecule has 0 saturated carbocycles. The van der Waals surface area contributed by atoms with Gasteiger partial charge in [-0.3, -0.25) is 0 Å². The van der Waals surface area contributed by atoms with Gasteiger partial charge in [0, 0.05) is 12.6 Å². The molecule has 1 atom stereocenters. The second kappa shape index (κ2) is 6.17. The Kier molecular flexibility index (Phi) is 5.15. The molecule has 1 unspecified atom stereocenters. The van der Waals surface area contributed by atoms with E-state index in [2.05, 4.69) is 43.1 Å². The zero-order valence-electron chi connectivity index (χ0n) is 11.9. The second-order valence-corrected chi connectivity index (χ2v) is 5.24. The molecule has 98 valence electrons. The van der Waals surface area contributed by atoms with Crippen LogP contribution < -0.4 is 5.32 Å². The second-order valence-electron chi connectivity index (χ2n) is 5.24. The van der Waals surface area contributed by atoms with Crippen LogP contribution in [0.1, 0.15) is 31.2 Å². The SMILES string of the molecule is Cc1nc(CNC(CN(C)C)C(C)C)oc1C. The van der Waals surface area contributed by atoms with Crippen LogP contribution >= 0.6 is 0 Å². The van der Waals surface area contributed by atoms with E-state index in [0.29, 0.717) is 18.5 Å². The molecule has 1 N–H and O–H groups in total. The molecule has 1 rings (SSSR count). The largest absolute Gasteiger partial charge is 0.444 e. The molecule has 0 fully saturated rings. The minimum Gasteiger partial charge on any atom is -0.444 e. The lowest BCUT2D eigenvalue weighted by atomic mass is 10.0. The van der Waals surface area contributed by atoms with E-state index >= 15 is 0 Å². The first-order valence-corrected chi connectivity index (χ1v) is 6.21. The summed E-state index contributed by atoms with van der Waals surface area (Å²) in [6.45, 7) is 10.1. The standard InChI is InChI=1S/C13H25N3O/c1-9(2)12(8-16(5)6)14-7-13-15-10(3)11(4)17-13/h9,12,14H,7-8H2,1-6H3. The summed E-state index contributed by atoms with van der Waals surface area (Å²) in [4.78, 5) is 6.58. The van der Waals surface area contributed by atoms with Gasteiger partial charge in [0.15, 0.2) is 0 Å². The van der Waals surface area contributed by atoms with E-state index in [0.717, 1.165) is 23.9 Å². The molecule has 1 heterocycles. The van der Waals surface area contributed by atoms with Gasteiger partial charge in [0.25, 0.3) is 0 Å². The Balaban J connectivity index is 2.51. The molecule has 0 radical (unpaired) electrons. The van der Waals surface area contributed by atoms with Crippen molar-refractivity contribution in [1.29, 1.82) is 0 Å². The molecule has 4 heteroatoms. The smallest absolute Gasteiger partial charge is 0.208 e. The summed E-state index contributed by atoms with van der Waals surface area (Å²) in [5.74, 6) is 2.29. The number of hydrogen-bond acceptors (Lipinski definition) is 4. The highest BCUT2D eigenvalue weighted by molar-refractivity contribution is 5.05. The molecule has 0 saturated heterocycles. The lowest BCUT2D eigenvalue weighted by Gasteiger charge is -2.25. The van der Waals surface area contributed by atoms with E-state index < -0.39 is 0 Å². The third-order valence-electron chi connectivity index (χ3n) is 2.95. The van der Waals surface area contributed by atoms with Crippen LogP contribution in [0, 0.1) is 19.8 Å². The summed E-state index contributed by atoms with van der Waals surface area (Å²) in [5.41, 5.74) is 0.982. The summed E-state index contributed by atoms with van der Waals surface area (Å²) >= 11 is 0. The summed E-state index contributed by atoms with van der Waals surface area (Å²) in [6.07, 6.45) is 0. The average Bonchev–Trinajstić information content (AvgIpc) is 2.52. The van der Waals surface area contributed by atoms with Crippen molar-refractivity contribution >= 4 is 0 Å². The van der Waals surface area contributed by atoms with Gasteiger partial charge in [0.1, 0.15) is 5.76 Å². The molecule has 0 spiro atoms. The normalized spacial score (nSPS) is 13.6. The fraction of sp³-hybridized carbons (Fsp3) is 0.769. The van der Waals surface area contributed by atoms with Crippen LogP contribution in [0.25, 0.3) is 0 Å². The quantitative estimate of drug-likeness (QED) is 0.824. The minimum atomic E-state index is 0.456. The first kappa shape index (κ1) is 14.2. The molecule has 0 amide bonds. The zero-order chi connectivity index (χ0) is 13.0. The van der Waals surface area contributed by atoms with Crippen LogP contribution in [-0.4, -0.2) is 36.6 Å². The van der Waals surface area contributed by atoms with Crippen LogP contribution in [0.4, 0.5) is 0 Å². The molecule has 17 heavy (non-hydrogen) atoms. The number of aryl methyl sites for hydroxylation is 2. The molecule has 0 aromatic carbocycles. The fourth-order valence-corrected chi connectivity index (χ4v) is 1.74. The van der Waals surface area contributed by atoms with E-state index in [4.69, 9.17) is 4.42 Å². The maximum atomic E-state index is 5.56. The molecule has 0 bridgehead atoms. The Morgan fingerprint density at radius 3 is 2.35 bits per heavy atom. The first-order valence-electron chi connectivity index (χ1n) is 6.21. The van der Waals surface area contributed by atoms with E-state index in [-0.39, 0.29) is 0 Å². The van der Waals surface area contributed by atoms with Gasteiger partial charge in [-0.1, -0.05) is 13.8 Å². The summed E-state index contributed by atoms with van der Waals surface area (Å²) in [6, 6.07) is 0.456. The first-order chi connectivity index (χ1) is 7.90. The Labute approximate surface area is 104 Å². The fourth-order valence-electron chi connectivity index (χ4n) is 1.74. The van der Waals surface area contributed by atoms with Crippen molar-refractivity contribution in [3.05, 3.63) is 17.3 Å². The number of likely N-dealkylation sites (N-methyl/N-ethyl adjacent to an activating group) is 1. The Morgan fingerprint density at radius 2 is 1.94 bits per heavy atom. The van der Waals surface area contributed by atoms with Gasteiger partial charge in [0.05, 0.1) is 12.2 Å². The van der Waals surface area contributed by atoms with E-state index in [1.54, 1.807) is 0 Å². The highest BCUT2D eigenvalue weighted by Crippen LogP contribution is 2.09. The van der Waals surface area contributed by atoms with Crippen molar-refractivity contribution < 1.29 is 4.42 Å². The van der Waals surface area contributed by atoms with Gasteiger partial charge in [-0.2, -0.15) is 0 Å². The van der Waals surface area contributed by atoms with Crippen LogP contribution in [-0.2, 0) is 6.54 Å². The van der Waals surface area contributed by atoms with Crippen molar-refractivity contribution in [1.82, 2.24) is 15.2 Å². The highest BCUT2D eigenvalue weighted by atomic mass is 16.4. The molecule has 4 nitrogen and oxygen atoms in total. The van der Waals surface area contributed by atoms with Gasteiger partial charge in [-0.15, -0.1) is 0 Å². The number of hydrogen-bond donors (Lipinski definition) is 1. The van der Waals surface area contributed by atoms with Crippen molar-refractivity contribution in [2.45, 2.75) is 40.3 Å². The molecule has 1 aromatic heterocycles. The van der Waals surface area contributed by atoms with Gasteiger partial charge < -0.3 is 14.6 Å². The Bertz CT molecular complexity index is 325. The number of rotatable bonds is 6. The zero-order valence-corrected chi connectivity index (χ0v) is 11.9.